The van der Waals surface area contributed by atoms with Crippen molar-refractivity contribution in [2.75, 3.05) is 13.1 Å². The van der Waals surface area contributed by atoms with Gasteiger partial charge in [-0.1, -0.05) is 36.4 Å². The Balaban J connectivity index is 1.11. The summed E-state index contributed by atoms with van der Waals surface area (Å²) in [6.45, 7) is 1.59. The minimum atomic E-state index is -0.283. The molecule has 1 amide bonds. The van der Waals surface area contributed by atoms with Gasteiger partial charge >= 0.3 is 0 Å². The normalized spacial score (nSPS) is 31.4. The Labute approximate surface area is 202 Å². The van der Waals surface area contributed by atoms with Crippen molar-refractivity contribution in [3.63, 3.8) is 0 Å². The number of hydrogen-bond donors (Lipinski definition) is 0. The molecule has 5 aliphatic rings. The van der Waals surface area contributed by atoms with E-state index in [1.165, 1.54) is 50.7 Å². The van der Waals surface area contributed by atoms with Crippen molar-refractivity contribution in [1.82, 2.24) is 4.90 Å². The lowest BCUT2D eigenvalue weighted by molar-refractivity contribution is -0.141. The van der Waals surface area contributed by atoms with Crippen LogP contribution in [0.5, 0.6) is 5.75 Å². The first-order chi connectivity index (χ1) is 16.6. The van der Waals surface area contributed by atoms with Crippen LogP contribution in [0.3, 0.4) is 0 Å². The second-order valence-electron chi connectivity index (χ2n) is 11.7. The smallest absolute Gasteiger partial charge is 0.223 e. The standard InChI is InChI=1S/C30H36FNO2/c31-26-7-4-8-27(16-26)34-29(24-5-2-1-3-6-24)25-9-11-32(12-10-25)28(33)20-30-17-21-13-22(18-30)15-23(14-21)19-30/h1-8,16,21-23,25,29H,9-15,17-20H2. The van der Waals surface area contributed by atoms with Gasteiger partial charge < -0.3 is 9.64 Å². The second kappa shape index (κ2) is 9.02. The summed E-state index contributed by atoms with van der Waals surface area (Å²) in [6, 6.07) is 16.7. The molecular formula is C30H36FNO2. The SMILES string of the molecule is O=C(CC12CC3CC(CC(C3)C1)C2)N1CCC(C(Oc2cccc(F)c2)c2ccccc2)CC1. The molecule has 2 aromatic rings. The van der Waals surface area contributed by atoms with Crippen LogP contribution in [0.4, 0.5) is 4.39 Å². The van der Waals surface area contributed by atoms with Gasteiger partial charge in [-0.2, -0.15) is 0 Å². The molecule has 0 N–H and O–H groups in total. The van der Waals surface area contributed by atoms with E-state index in [-0.39, 0.29) is 11.9 Å². The van der Waals surface area contributed by atoms with Gasteiger partial charge in [0.15, 0.2) is 0 Å². The fourth-order valence-electron chi connectivity index (χ4n) is 8.16. The summed E-state index contributed by atoms with van der Waals surface area (Å²) >= 11 is 0. The van der Waals surface area contributed by atoms with Gasteiger partial charge in [0.1, 0.15) is 17.7 Å². The number of rotatable bonds is 6. The second-order valence-corrected chi connectivity index (χ2v) is 11.7. The van der Waals surface area contributed by atoms with Crippen molar-refractivity contribution in [3.05, 3.63) is 66.0 Å². The van der Waals surface area contributed by atoms with E-state index in [0.29, 0.717) is 23.0 Å². The molecule has 4 saturated carbocycles. The number of halogens is 1. The summed E-state index contributed by atoms with van der Waals surface area (Å²) in [4.78, 5) is 15.5. The molecule has 1 unspecified atom stereocenters. The third kappa shape index (κ3) is 4.48. The Morgan fingerprint density at radius 1 is 0.941 bits per heavy atom. The largest absolute Gasteiger partial charge is 0.485 e. The van der Waals surface area contributed by atoms with Crippen LogP contribution in [0.25, 0.3) is 0 Å². The van der Waals surface area contributed by atoms with Crippen LogP contribution in [0.2, 0.25) is 0 Å². The van der Waals surface area contributed by atoms with Crippen LogP contribution in [-0.4, -0.2) is 23.9 Å². The third-order valence-corrected chi connectivity index (χ3v) is 9.20. The third-order valence-electron chi connectivity index (χ3n) is 9.20. The van der Waals surface area contributed by atoms with E-state index < -0.39 is 0 Å². The fourth-order valence-corrected chi connectivity index (χ4v) is 8.16. The number of piperidine rings is 1. The van der Waals surface area contributed by atoms with Crippen molar-refractivity contribution in [2.24, 2.45) is 29.1 Å². The lowest BCUT2D eigenvalue weighted by Crippen LogP contribution is -2.49. The van der Waals surface area contributed by atoms with Gasteiger partial charge in [-0.05, 0) is 92.2 Å². The van der Waals surface area contributed by atoms with Crippen LogP contribution in [0.1, 0.15) is 69.5 Å². The lowest BCUT2D eigenvalue weighted by Gasteiger charge is -2.57. The molecule has 3 nitrogen and oxygen atoms in total. The predicted octanol–water partition coefficient (Wildman–Crippen LogP) is 6.79. The zero-order valence-corrected chi connectivity index (χ0v) is 20.0. The minimum Gasteiger partial charge on any atom is -0.485 e. The van der Waals surface area contributed by atoms with E-state index in [4.69, 9.17) is 4.74 Å². The molecule has 2 aromatic carbocycles. The first kappa shape index (κ1) is 22.1. The van der Waals surface area contributed by atoms with Crippen LogP contribution in [-0.2, 0) is 4.79 Å². The molecule has 1 aliphatic heterocycles. The molecule has 180 valence electrons. The average molecular weight is 462 g/mol. The van der Waals surface area contributed by atoms with E-state index in [9.17, 15) is 9.18 Å². The zero-order valence-electron chi connectivity index (χ0n) is 20.0. The zero-order chi connectivity index (χ0) is 23.1. The highest BCUT2D eigenvalue weighted by Gasteiger charge is 2.51. The first-order valence-corrected chi connectivity index (χ1v) is 13.3. The summed E-state index contributed by atoms with van der Waals surface area (Å²) in [5.41, 5.74) is 1.42. The molecule has 4 heteroatoms. The molecule has 0 spiro atoms. The maximum Gasteiger partial charge on any atom is 0.223 e. The number of benzene rings is 2. The minimum absolute atomic E-state index is 0.136. The van der Waals surface area contributed by atoms with E-state index in [0.717, 1.165) is 55.7 Å². The van der Waals surface area contributed by atoms with Crippen LogP contribution < -0.4 is 4.74 Å². The van der Waals surface area contributed by atoms with E-state index in [2.05, 4.69) is 17.0 Å². The van der Waals surface area contributed by atoms with Crippen LogP contribution in [0.15, 0.2) is 54.6 Å². The quantitative estimate of drug-likeness (QED) is 0.474. The molecule has 34 heavy (non-hydrogen) atoms. The number of carbonyl (C=O) groups excluding carboxylic acids is 1. The highest BCUT2D eigenvalue weighted by atomic mass is 19.1. The number of nitrogens with zero attached hydrogens (tertiary/aromatic N) is 1. The summed E-state index contributed by atoms with van der Waals surface area (Å²) < 4.78 is 20.2. The number of amides is 1. The molecule has 1 heterocycles. The Kier molecular flexibility index (Phi) is 5.87. The Morgan fingerprint density at radius 3 is 2.21 bits per heavy atom. The van der Waals surface area contributed by atoms with Gasteiger partial charge in [0.05, 0.1) is 0 Å². The van der Waals surface area contributed by atoms with Gasteiger partial charge in [0, 0.05) is 31.5 Å². The summed E-state index contributed by atoms with van der Waals surface area (Å²) in [7, 11) is 0. The average Bonchev–Trinajstić information content (AvgIpc) is 2.82. The Bertz CT molecular complexity index is 978. The van der Waals surface area contributed by atoms with Crippen molar-refractivity contribution < 1.29 is 13.9 Å². The monoisotopic (exact) mass is 461 g/mol. The van der Waals surface area contributed by atoms with Gasteiger partial charge in [-0.15, -0.1) is 0 Å². The molecular weight excluding hydrogens is 425 g/mol. The lowest BCUT2D eigenvalue weighted by atomic mass is 9.49. The predicted molar refractivity (Wildman–Crippen MR) is 131 cm³/mol. The maximum atomic E-state index is 13.8. The molecule has 1 saturated heterocycles. The molecule has 7 rings (SSSR count). The summed E-state index contributed by atoms with van der Waals surface area (Å²) in [6.07, 6.45) is 10.6. The highest BCUT2D eigenvalue weighted by Crippen LogP contribution is 2.61. The van der Waals surface area contributed by atoms with Crippen molar-refractivity contribution >= 4 is 5.91 Å². The molecule has 0 aromatic heterocycles. The van der Waals surface area contributed by atoms with Crippen molar-refractivity contribution in [2.45, 2.75) is 63.9 Å². The van der Waals surface area contributed by atoms with Gasteiger partial charge in [0.25, 0.3) is 0 Å². The van der Waals surface area contributed by atoms with Gasteiger partial charge in [-0.25, -0.2) is 4.39 Å². The fraction of sp³-hybridized carbons (Fsp3) is 0.567. The molecule has 1 atom stereocenters. The molecule has 4 bridgehead atoms. The van der Waals surface area contributed by atoms with E-state index in [1.54, 1.807) is 6.07 Å². The number of likely N-dealkylation sites (tertiary alicyclic amines) is 1. The first-order valence-electron chi connectivity index (χ1n) is 13.3. The van der Waals surface area contributed by atoms with Crippen LogP contribution >= 0.6 is 0 Å². The van der Waals surface area contributed by atoms with Crippen molar-refractivity contribution in [3.8, 4) is 5.75 Å². The number of hydrogen-bond acceptors (Lipinski definition) is 2. The topological polar surface area (TPSA) is 29.5 Å². The number of ether oxygens (including phenoxy) is 1. The van der Waals surface area contributed by atoms with Gasteiger partial charge in [-0.3, -0.25) is 4.79 Å². The van der Waals surface area contributed by atoms with E-state index >= 15 is 0 Å². The van der Waals surface area contributed by atoms with Gasteiger partial charge in [0.2, 0.25) is 5.91 Å². The van der Waals surface area contributed by atoms with Crippen molar-refractivity contribution in [1.29, 1.82) is 0 Å². The highest BCUT2D eigenvalue weighted by molar-refractivity contribution is 5.77. The number of carbonyl (C=O) groups is 1. The Morgan fingerprint density at radius 2 is 1.59 bits per heavy atom. The summed E-state index contributed by atoms with van der Waals surface area (Å²) in [5.74, 6) is 3.62. The van der Waals surface area contributed by atoms with Crippen LogP contribution in [0, 0.1) is 34.9 Å². The summed E-state index contributed by atoms with van der Waals surface area (Å²) in [5, 5.41) is 0. The molecule has 4 aliphatic carbocycles. The molecule has 0 radical (unpaired) electrons. The Hall–Kier alpha value is -2.36. The molecule has 5 fully saturated rings. The van der Waals surface area contributed by atoms with E-state index in [1.807, 2.05) is 24.3 Å². The maximum absolute atomic E-state index is 13.8.